The van der Waals surface area contributed by atoms with Crippen LogP contribution in [0.4, 0.5) is 0 Å². The molecule has 5 nitrogen and oxygen atoms in total. The summed E-state index contributed by atoms with van der Waals surface area (Å²) in [6, 6.07) is 8.59. The fraction of sp³-hybridized carbons (Fsp3) is 0.571. The Bertz CT molecular complexity index is 706. The van der Waals surface area contributed by atoms with E-state index in [2.05, 4.69) is 28.1 Å². The number of thiophene rings is 1. The number of aliphatic imine (C=N–C) groups is 1. The molecule has 1 saturated heterocycles. The van der Waals surface area contributed by atoms with Crippen molar-refractivity contribution >= 4 is 17.3 Å². The van der Waals surface area contributed by atoms with Gasteiger partial charge in [0.25, 0.3) is 0 Å². The minimum Gasteiger partial charge on any atom is -0.469 e. The number of ether oxygens (including phenoxy) is 1. The van der Waals surface area contributed by atoms with Crippen molar-refractivity contribution in [2.45, 2.75) is 63.1 Å². The minimum absolute atomic E-state index is 0.114. The Morgan fingerprint density at radius 1 is 1.26 bits per heavy atom. The van der Waals surface area contributed by atoms with Crippen LogP contribution in [-0.2, 0) is 17.7 Å². The van der Waals surface area contributed by atoms with Gasteiger partial charge in [-0.05, 0) is 49.3 Å². The van der Waals surface area contributed by atoms with Crippen LogP contribution in [0.5, 0.6) is 0 Å². The third-order valence-corrected chi connectivity index (χ3v) is 6.43. The van der Waals surface area contributed by atoms with Gasteiger partial charge in [0, 0.05) is 30.5 Å². The second kappa shape index (κ2) is 8.93. The van der Waals surface area contributed by atoms with Gasteiger partial charge < -0.3 is 19.8 Å². The van der Waals surface area contributed by atoms with Crippen LogP contribution in [0.2, 0.25) is 0 Å². The highest BCUT2D eigenvalue weighted by atomic mass is 32.1. The van der Waals surface area contributed by atoms with E-state index in [0.717, 1.165) is 44.1 Å². The topological polar surface area (TPSA) is 58.8 Å². The summed E-state index contributed by atoms with van der Waals surface area (Å²) < 4.78 is 11.6. The fourth-order valence-corrected chi connectivity index (χ4v) is 4.81. The number of nitrogens with zero attached hydrogens (tertiary/aromatic N) is 1. The minimum atomic E-state index is 0.114. The van der Waals surface area contributed by atoms with Gasteiger partial charge in [0.1, 0.15) is 5.76 Å². The predicted molar refractivity (Wildman–Crippen MR) is 109 cm³/mol. The molecule has 27 heavy (non-hydrogen) atoms. The van der Waals surface area contributed by atoms with Crippen molar-refractivity contribution in [3.8, 4) is 0 Å². The van der Waals surface area contributed by atoms with Gasteiger partial charge in [0.15, 0.2) is 5.96 Å². The molecule has 0 amide bonds. The first-order chi connectivity index (χ1) is 13.3. The van der Waals surface area contributed by atoms with E-state index in [1.165, 1.54) is 30.6 Å². The molecule has 1 atom stereocenters. The summed E-state index contributed by atoms with van der Waals surface area (Å²) >= 11 is 1.75. The number of furan rings is 1. The average Bonchev–Trinajstić information content (AvgIpc) is 3.43. The van der Waals surface area contributed by atoms with Crippen LogP contribution >= 0.6 is 11.3 Å². The molecule has 1 spiro atoms. The standard InChI is InChI=1S/C21H29N3O2S/c1-2-10-21(9-1)15-17(8-13-26-21)24-20(23-16-19-6-4-14-27-19)22-11-7-18-5-3-12-25-18/h3-6,12,14,17H,1-2,7-11,13,15-16H2,(H2,22,23,24). The van der Waals surface area contributed by atoms with E-state index in [0.29, 0.717) is 12.6 Å². The molecule has 1 unspecified atom stereocenters. The summed E-state index contributed by atoms with van der Waals surface area (Å²) in [5, 5.41) is 9.27. The first-order valence-corrected chi connectivity index (χ1v) is 10.9. The Kier molecular flexibility index (Phi) is 6.14. The fourth-order valence-electron chi connectivity index (χ4n) is 4.18. The van der Waals surface area contributed by atoms with Gasteiger partial charge in [-0.25, -0.2) is 4.99 Å². The van der Waals surface area contributed by atoms with E-state index >= 15 is 0 Å². The lowest BCUT2D eigenvalue weighted by Gasteiger charge is -2.39. The van der Waals surface area contributed by atoms with Crippen molar-refractivity contribution in [3.63, 3.8) is 0 Å². The number of rotatable bonds is 6. The van der Waals surface area contributed by atoms with Crippen molar-refractivity contribution in [2.24, 2.45) is 4.99 Å². The van der Waals surface area contributed by atoms with Crippen molar-refractivity contribution in [1.82, 2.24) is 10.6 Å². The van der Waals surface area contributed by atoms with E-state index in [1.807, 2.05) is 12.1 Å². The van der Waals surface area contributed by atoms with E-state index in [1.54, 1.807) is 17.6 Å². The predicted octanol–water partition coefficient (Wildman–Crippen LogP) is 4.11. The molecule has 1 saturated carbocycles. The van der Waals surface area contributed by atoms with Crippen LogP contribution in [0.25, 0.3) is 0 Å². The molecular formula is C21H29N3O2S. The maximum Gasteiger partial charge on any atom is 0.191 e. The highest BCUT2D eigenvalue weighted by Gasteiger charge is 2.40. The van der Waals surface area contributed by atoms with Gasteiger partial charge in [-0.3, -0.25) is 0 Å². The second-order valence-electron chi connectivity index (χ2n) is 7.57. The smallest absolute Gasteiger partial charge is 0.191 e. The first-order valence-electron chi connectivity index (χ1n) is 10.0. The van der Waals surface area contributed by atoms with Gasteiger partial charge in [0.2, 0.25) is 0 Å². The molecule has 6 heteroatoms. The zero-order valence-corrected chi connectivity index (χ0v) is 16.6. The maximum atomic E-state index is 6.18. The van der Waals surface area contributed by atoms with E-state index in [4.69, 9.17) is 14.1 Å². The molecule has 3 heterocycles. The Morgan fingerprint density at radius 3 is 2.96 bits per heavy atom. The van der Waals surface area contributed by atoms with Crippen LogP contribution in [0, 0.1) is 0 Å². The monoisotopic (exact) mass is 387 g/mol. The zero-order valence-electron chi connectivity index (χ0n) is 15.8. The Balaban J connectivity index is 1.36. The van der Waals surface area contributed by atoms with Crippen LogP contribution in [0.1, 0.15) is 49.2 Å². The SMILES string of the molecule is c1coc(CCNC(=NCc2cccs2)NC2CCOC3(CCCC3)C2)c1. The molecule has 2 aliphatic rings. The highest BCUT2D eigenvalue weighted by molar-refractivity contribution is 7.09. The number of nitrogens with one attached hydrogen (secondary N) is 2. The number of guanidine groups is 1. The van der Waals surface area contributed by atoms with Gasteiger partial charge in [-0.1, -0.05) is 18.9 Å². The lowest BCUT2D eigenvalue weighted by atomic mass is 9.89. The Labute approximate surface area is 165 Å². The van der Waals surface area contributed by atoms with Crippen molar-refractivity contribution < 1.29 is 9.15 Å². The normalized spacial score (nSPS) is 22.2. The van der Waals surface area contributed by atoms with Crippen molar-refractivity contribution in [2.75, 3.05) is 13.2 Å². The van der Waals surface area contributed by atoms with Gasteiger partial charge in [-0.2, -0.15) is 0 Å². The van der Waals surface area contributed by atoms with Crippen LogP contribution in [0.3, 0.4) is 0 Å². The first kappa shape index (κ1) is 18.6. The summed E-state index contributed by atoms with van der Waals surface area (Å²) in [5.41, 5.74) is 0.114. The number of hydrogen-bond donors (Lipinski definition) is 2. The molecule has 2 aromatic heterocycles. The third-order valence-electron chi connectivity index (χ3n) is 5.57. The largest absolute Gasteiger partial charge is 0.469 e. The van der Waals surface area contributed by atoms with E-state index < -0.39 is 0 Å². The van der Waals surface area contributed by atoms with E-state index in [9.17, 15) is 0 Å². The molecule has 2 fully saturated rings. The molecule has 0 bridgehead atoms. The highest BCUT2D eigenvalue weighted by Crippen LogP contribution is 2.39. The van der Waals surface area contributed by atoms with E-state index in [-0.39, 0.29) is 5.60 Å². The van der Waals surface area contributed by atoms with Gasteiger partial charge in [-0.15, -0.1) is 11.3 Å². The molecule has 2 aromatic rings. The summed E-state index contributed by atoms with van der Waals surface area (Å²) in [7, 11) is 0. The lowest BCUT2D eigenvalue weighted by Crippen LogP contribution is -2.50. The summed E-state index contributed by atoms with van der Waals surface area (Å²) in [4.78, 5) is 6.11. The zero-order chi connectivity index (χ0) is 18.4. The molecule has 4 rings (SSSR count). The average molecular weight is 388 g/mol. The third kappa shape index (κ3) is 5.14. The Hall–Kier alpha value is -1.79. The Morgan fingerprint density at radius 2 is 2.19 bits per heavy atom. The molecule has 1 aliphatic heterocycles. The second-order valence-corrected chi connectivity index (χ2v) is 8.61. The molecular weight excluding hydrogens is 358 g/mol. The van der Waals surface area contributed by atoms with Crippen molar-refractivity contribution in [3.05, 3.63) is 46.5 Å². The maximum absolute atomic E-state index is 6.18. The molecule has 0 radical (unpaired) electrons. The summed E-state index contributed by atoms with van der Waals surface area (Å²) in [5.74, 6) is 1.89. The summed E-state index contributed by atoms with van der Waals surface area (Å²) in [6.07, 6.45) is 9.72. The van der Waals surface area contributed by atoms with Crippen molar-refractivity contribution in [1.29, 1.82) is 0 Å². The van der Waals surface area contributed by atoms with Crippen LogP contribution < -0.4 is 10.6 Å². The molecule has 0 aromatic carbocycles. The van der Waals surface area contributed by atoms with Crippen LogP contribution in [-0.4, -0.2) is 30.8 Å². The quantitative estimate of drug-likeness (QED) is 0.578. The van der Waals surface area contributed by atoms with Gasteiger partial charge in [0.05, 0.1) is 18.4 Å². The molecule has 1 aliphatic carbocycles. The molecule has 146 valence electrons. The number of hydrogen-bond acceptors (Lipinski definition) is 4. The van der Waals surface area contributed by atoms with Crippen LogP contribution in [0.15, 0.2) is 45.3 Å². The lowest BCUT2D eigenvalue weighted by molar-refractivity contribution is -0.0815. The molecule has 2 N–H and O–H groups in total. The van der Waals surface area contributed by atoms with Gasteiger partial charge >= 0.3 is 0 Å². The summed E-state index contributed by atoms with van der Waals surface area (Å²) in [6.45, 7) is 2.36.